The summed E-state index contributed by atoms with van der Waals surface area (Å²) in [5.41, 5.74) is 2.20. The van der Waals surface area contributed by atoms with Gasteiger partial charge in [0.25, 0.3) is 0 Å². The van der Waals surface area contributed by atoms with Crippen molar-refractivity contribution in [2.75, 3.05) is 0 Å². The Labute approximate surface area is 119 Å². The second-order valence-corrected chi connectivity index (χ2v) is 4.85. The average Bonchev–Trinajstić information content (AvgIpc) is 2.81. The Balaban J connectivity index is 2.22. The van der Waals surface area contributed by atoms with E-state index in [1.165, 1.54) is 6.07 Å². The lowest BCUT2D eigenvalue weighted by molar-refractivity contribution is -0.383. The number of hydrogen-bond donors (Lipinski definition) is 0. The highest BCUT2D eigenvalue weighted by atomic mass is 35.5. The van der Waals surface area contributed by atoms with Crippen LogP contribution in [-0.2, 0) is 0 Å². The van der Waals surface area contributed by atoms with Crippen LogP contribution < -0.4 is 0 Å². The number of nitro groups is 1. The quantitative estimate of drug-likeness (QED) is 0.519. The number of fused-ring (bicyclic) bond motifs is 1. The predicted molar refractivity (Wildman–Crippen MR) is 75.8 cm³/mol. The molecule has 1 heterocycles. The molecule has 0 aliphatic heterocycles. The molecule has 0 fully saturated rings. The number of aryl methyl sites for hydroxylation is 1. The molecule has 0 saturated carbocycles. The summed E-state index contributed by atoms with van der Waals surface area (Å²) in [4.78, 5) is 14.7. The van der Waals surface area contributed by atoms with Crippen LogP contribution in [0.4, 0.5) is 5.69 Å². The van der Waals surface area contributed by atoms with E-state index in [-0.39, 0.29) is 16.3 Å². The van der Waals surface area contributed by atoms with Gasteiger partial charge in [0.15, 0.2) is 0 Å². The zero-order valence-electron chi connectivity index (χ0n) is 10.5. The summed E-state index contributed by atoms with van der Waals surface area (Å²) in [6, 6.07) is 10.4. The molecular weight excluding hydrogens is 280 g/mol. The fourth-order valence-electron chi connectivity index (χ4n) is 1.94. The molecule has 2 aromatic carbocycles. The van der Waals surface area contributed by atoms with Crippen molar-refractivity contribution in [3.8, 4) is 11.5 Å². The van der Waals surface area contributed by atoms with E-state index in [1.807, 2.05) is 31.2 Å². The van der Waals surface area contributed by atoms with Crippen molar-refractivity contribution in [1.29, 1.82) is 0 Å². The Morgan fingerprint density at radius 1 is 1.25 bits per heavy atom. The van der Waals surface area contributed by atoms with Gasteiger partial charge in [0.05, 0.1) is 4.92 Å². The third kappa shape index (κ3) is 2.12. The van der Waals surface area contributed by atoms with E-state index in [2.05, 4.69) is 4.98 Å². The van der Waals surface area contributed by atoms with Crippen LogP contribution in [-0.4, -0.2) is 9.91 Å². The lowest BCUT2D eigenvalue weighted by Gasteiger charge is -1.95. The van der Waals surface area contributed by atoms with Crippen molar-refractivity contribution in [2.45, 2.75) is 6.92 Å². The zero-order chi connectivity index (χ0) is 14.3. The molecule has 20 heavy (non-hydrogen) atoms. The van der Waals surface area contributed by atoms with Crippen molar-refractivity contribution in [1.82, 2.24) is 4.98 Å². The van der Waals surface area contributed by atoms with Gasteiger partial charge in [-0.15, -0.1) is 0 Å². The number of halogens is 1. The second-order valence-electron chi connectivity index (χ2n) is 4.42. The Morgan fingerprint density at radius 3 is 2.60 bits per heavy atom. The van der Waals surface area contributed by atoms with Gasteiger partial charge in [-0.3, -0.25) is 10.1 Å². The van der Waals surface area contributed by atoms with E-state index in [0.717, 1.165) is 11.1 Å². The van der Waals surface area contributed by atoms with Crippen LogP contribution in [0.25, 0.3) is 22.6 Å². The number of hydrogen-bond acceptors (Lipinski definition) is 4. The molecule has 100 valence electrons. The molecule has 6 heteroatoms. The van der Waals surface area contributed by atoms with Gasteiger partial charge in [0, 0.05) is 16.7 Å². The first-order chi connectivity index (χ1) is 9.54. The molecule has 0 saturated heterocycles. The van der Waals surface area contributed by atoms with Crippen molar-refractivity contribution in [3.63, 3.8) is 0 Å². The molecule has 0 N–H and O–H groups in total. The van der Waals surface area contributed by atoms with Gasteiger partial charge in [-0.1, -0.05) is 29.3 Å². The summed E-state index contributed by atoms with van der Waals surface area (Å²) in [5.74, 6) is 0.338. The average molecular weight is 289 g/mol. The standard InChI is InChI=1S/C14H9ClN2O3/c1-8-2-4-9(5-3-8)14-16-11-6-10(15)7-12(17(18)19)13(11)20-14/h2-7H,1H3. The molecule has 3 rings (SSSR count). The van der Waals surface area contributed by atoms with Crippen LogP contribution in [0.5, 0.6) is 0 Å². The topological polar surface area (TPSA) is 69.2 Å². The van der Waals surface area contributed by atoms with Crippen LogP contribution in [0.2, 0.25) is 5.02 Å². The highest BCUT2D eigenvalue weighted by Crippen LogP contribution is 2.33. The van der Waals surface area contributed by atoms with E-state index >= 15 is 0 Å². The normalized spacial score (nSPS) is 10.9. The number of aromatic nitrogens is 1. The van der Waals surface area contributed by atoms with Crippen molar-refractivity contribution < 1.29 is 9.34 Å². The molecule has 0 radical (unpaired) electrons. The summed E-state index contributed by atoms with van der Waals surface area (Å²) in [6.45, 7) is 1.97. The largest absolute Gasteiger partial charge is 0.429 e. The predicted octanol–water partition coefficient (Wildman–Crippen LogP) is 4.36. The minimum Gasteiger partial charge on any atom is -0.429 e. The van der Waals surface area contributed by atoms with Crippen molar-refractivity contribution in [3.05, 3.63) is 57.1 Å². The minimum atomic E-state index is -0.529. The van der Waals surface area contributed by atoms with E-state index < -0.39 is 4.92 Å². The fourth-order valence-corrected chi connectivity index (χ4v) is 2.14. The number of nitro benzene ring substituents is 1. The minimum absolute atomic E-state index is 0.134. The molecule has 5 nitrogen and oxygen atoms in total. The molecule has 0 spiro atoms. The van der Waals surface area contributed by atoms with Gasteiger partial charge in [0.1, 0.15) is 5.52 Å². The summed E-state index contributed by atoms with van der Waals surface area (Å²) in [7, 11) is 0. The lowest BCUT2D eigenvalue weighted by atomic mass is 10.1. The molecule has 1 aromatic heterocycles. The van der Waals surface area contributed by atoms with E-state index in [1.54, 1.807) is 6.07 Å². The second kappa shape index (κ2) is 4.61. The first-order valence-corrected chi connectivity index (χ1v) is 6.24. The van der Waals surface area contributed by atoms with Crippen LogP contribution in [0.1, 0.15) is 5.56 Å². The van der Waals surface area contributed by atoms with Gasteiger partial charge in [-0.25, -0.2) is 4.98 Å². The summed E-state index contributed by atoms with van der Waals surface area (Å²) >= 11 is 5.86. The summed E-state index contributed by atoms with van der Waals surface area (Å²) in [5, 5.41) is 11.3. The smallest absolute Gasteiger partial charge is 0.315 e. The van der Waals surface area contributed by atoms with Crippen molar-refractivity contribution >= 4 is 28.4 Å². The maximum atomic E-state index is 11.0. The Morgan fingerprint density at radius 2 is 1.95 bits per heavy atom. The van der Waals surface area contributed by atoms with Crippen molar-refractivity contribution in [2.24, 2.45) is 0 Å². The van der Waals surface area contributed by atoms with Crippen LogP contribution in [0.3, 0.4) is 0 Å². The lowest BCUT2D eigenvalue weighted by Crippen LogP contribution is -1.88. The summed E-state index contributed by atoms with van der Waals surface area (Å²) in [6.07, 6.45) is 0. The Hall–Kier alpha value is -2.40. The highest BCUT2D eigenvalue weighted by molar-refractivity contribution is 6.31. The molecule has 0 aliphatic carbocycles. The summed E-state index contributed by atoms with van der Waals surface area (Å²) < 4.78 is 5.53. The third-order valence-corrected chi connectivity index (χ3v) is 3.15. The van der Waals surface area contributed by atoms with Gasteiger partial charge in [-0.2, -0.15) is 0 Å². The van der Waals surface area contributed by atoms with E-state index in [0.29, 0.717) is 11.4 Å². The van der Waals surface area contributed by atoms with E-state index in [4.69, 9.17) is 16.0 Å². The number of oxazole rings is 1. The van der Waals surface area contributed by atoms with Crippen LogP contribution in [0, 0.1) is 17.0 Å². The SMILES string of the molecule is Cc1ccc(-c2nc3cc(Cl)cc([N+](=O)[O-])c3o2)cc1. The number of nitrogens with zero attached hydrogens (tertiary/aromatic N) is 2. The van der Waals surface area contributed by atoms with Crippen LogP contribution in [0.15, 0.2) is 40.8 Å². The van der Waals surface area contributed by atoms with Gasteiger partial charge in [-0.05, 0) is 25.1 Å². The first kappa shape index (κ1) is 12.6. The monoisotopic (exact) mass is 288 g/mol. The maximum absolute atomic E-state index is 11.0. The molecule has 0 bridgehead atoms. The molecule has 0 amide bonds. The number of benzene rings is 2. The molecule has 0 aliphatic rings. The Kier molecular flexibility index (Phi) is 2.91. The first-order valence-electron chi connectivity index (χ1n) is 5.86. The van der Waals surface area contributed by atoms with Gasteiger partial charge < -0.3 is 4.42 Å². The molecular formula is C14H9ClN2O3. The number of rotatable bonds is 2. The highest BCUT2D eigenvalue weighted by Gasteiger charge is 2.20. The molecule has 0 atom stereocenters. The number of non-ortho nitro benzene ring substituents is 1. The van der Waals surface area contributed by atoms with Gasteiger partial charge >= 0.3 is 5.69 Å². The van der Waals surface area contributed by atoms with E-state index in [9.17, 15) is 10.1 Å². The zero-order valence-corrected chi connectivity index (χ0v) is 11.2. The molecule has 3 aromatic rings. The van der Waals surface area contributed by atoms with Crippen LogP contribution >= 0.6 is 11.6 Å². The third-order valence-electron chi connectivity index (χ3n) is 2.93. The molecule has 0 unspecified atom stereocenters. The Bertz CT molecular complexity index is 809. The maximum Gasteiger partial charge on any atom is 0.315 e. The fraction of sp³-hybridized carbons (Fsp3) is 0.0714. The van der Waals surface area contributed by atoms with Gasteiger partial charge in [0.2, 0.25) is 11.5 Å².